The van der Waals surface area contributed by atoms with E-state index in [0.29, 0.717) is 30.5 Å². The van der Waals surface area contributed by atoms with Gasteiger partial charge in [-0.15, -0.1) is 10.2 Å². The van der Waals surface area contributed by atoms with Crippen LogP contribution in [-0.2, 0) is 11.2 Å². The number of hydrogen-bond donors (Lipinski definition) is 1. The van der Waals surface area contributed by atoms with E-state index in [1.165, 1.54) is 19.3 Å². The molecule has 0 spiro atoms. The number of aryl methyl sites for hydroxylation is 1. The van der Waals surface area contributed by atoms with Crippen LogP contribution < -0.4 is 5.32 Å². The second-order valence-electron chi connectivity index (χ2n) is 5.73. The summed E-state index contributed by atoms with van der Waals surface area (Å²) in [5.41, 5.74) is 0.930. The van der Waals surface area contributed by atoms with Crippen molar-refractivity contribution in [2.24, 2.45) is 5.92 Å². The molecule has 2 aromatic rings. The van der Waals surface area contributed by atoms with E-state index in [1.54, 1.807) is 11.3 Å². The molecule has 23 heavy (non-hydrogen) atoms. The molecule has 0 radical (unpaired) electrons. The average molecular weight is 335 g/mol. The Balaban J connectivity index is 1.72. The highest BCUT2D eigenvalue weighted by atomic mass is 32.1. The summed E-state index contributed by atoms with van der Waals surface area (Å²) in [7, 11) is 0. The molecule has 0 saturated carbocycles. The number of rotatable bonds is 10. The van der Waals surface area contributed by atoms with Crippen LogP contribution in [0.1, 0.15) is 51.8 Å². The van der Waals surface area contributed by atoms with Crippen molar-refractivity contribution in [3.8, 4) is 11.5 Å². The van der Waals surface area contributed by atoms with Gasteiger partial charge in [0, 0.05) is 30.3 Å². The number of aromatic nitrogens is 2. The fourth-order valence-electron chi connectivity index (χ4n) is 2.37. The molecule has 126 valence electrons. The predicted octanol–water partition coefficient (Wildman–Crippen LogP) is 4.06. The van der Waals surface area contributed by atoms with Gasteiger partial charge < -0.3 is 9.73 Å². The number of hydrogen-bond acceptors (Lipinski definition) is 5. The summed E-state index contributed by atoms with van der Waals surface area (Å²) in [6.07, 6.45) is 5.58. The summed E-state index contributed by atoms with van der Waals surface area (Å²) in [6, 6.07) is 1.94. The van der Waals surface area contributed by atoms with Crippen LogP contribution in [0.25, 0.3) is 11.5 Å². The topological polar surface area (TPSA) is 68.0 Å². The molecule has 1 amide bonds. The van der Waals surface area contributed by atoms with Crippen molar-refractivity contribution in [3.63, 3.8) is 0 Å². The van der Waals surface area contributed by atoms with E-state index in [1.807, 2.05) is 16.8 Å². The largest absolute Gasteiger partial charge is 0.421 e. The van der Waals surface area contributed by atoms with Crippen LogP contribution >= 0.6 is 11.3 Å². The Morgan fingerprint density at radius 1 is 1.39 bits per heavy atom. The monoisotopic (exact) mass is 335 g/mol. The summed E-state index contributed by atoms with van der Waals surface area (Å²) in [5, 5.41) is 15.0. The molecule has 0 bridgehead atoms. The Kier molecular flexibility index (Phi) is 7.26. The van der Waals surface area contributed by atoms with Crippen LogP contribution in [0, 0.1) is 5.92 Å². The van der Waals surface area contributed by atoms with Gasteiger partial charge in [-0.05, 0) is 23.8 Å². The van der Waals surface area contributed by atoms with Gasteiger partial charge in [0.05, 0.1) is 0 Å². The Morgan fingerprint density at radius 2 is 2.26 bits per heavy atom. The zero-order valence-electron chi connectivity index (χ0n) is 13.9. The van der Waals surface area contributed by atoms with Crippen molar-refractivity contribution in [2.75, 3.05) is 6.54 Å². The molecule has 0 aromatic carbocycles. The Morgan fingerprint density at radius 3 is 2.96 bits per heavy atom. The van der Waals surface area contributed by atoms with E-state index in [9.17, 15) is 4.79 Å². The third-order valence-corrected chi connectivity index (χ3v) is 4.62. The van der Waals surface area contributed by atoms with Crippen LogP contribution in [0.4, 0.5) is 0 Å². The molecule has 2 rings (SSSR count). The smallest absolute Gasteiger partial charge is 0.248 e. The van der Waals surface area contributed by atoms with Gasteiger partial charge in [0.15, 0.2) is 0 Å². The van der Waals surface area contributed by atoms with E-state index in [2.05, 4.69) is 29.4 Å². The summed E-state index contributed by atoms with van der Waals surface area (Å²) in [6.45, 7) is 5.14. The molecule has 0 saturated heterocycles. The third-order valence-electron chi connectivity index (χ3n) is 3.93. The maximum atomic E-state index is 11.9. The standard InChI is InChI=1S/C17H25N3O2S/c1-3-5-6-13(4-2)11-18-15(21)7-8-16-19-20-17(22-16)14-9-10-23-12-14/h9-10,12-13H,3-8,11H2,1-2H3,(H,18,21). The van der Waals surface area contributed by atoms with Crippen molar-refractivity contribution in [3.05, 3.63) is 22.7 Å². The molecule has 0 fully saturated rings. The van der Waals surface area contributed by atoms with Crippen LogP contribution in [-0.4, -0.2) is 22.6 Å². The van der Waals surface area contributed by atoms with E-state index < -0.39 is 0 Å². The van der Waals surface area contributed by atoms with Gasteiger partial charge in [0.25, 0.3) is 0 Å². The maximum absolute atomic E-state index is 11.9. The summed E-state index contributed by atoms with van der Waals surface area (Å²) >= 11 is 1.59. The second-order valence-corrected chi connectivity index (χ2v) is 6.51. The van der Waals surface area contributed by atoms with Crippen molar-refractivity contribution < 1.29 is 9.21 Å². The molecular formula is C17H25N3O2S. The van der Waals surface area contributed by atoms with Gasteiger partial charge in [-0.3, -0.25) is 4.79 Å². The predicted molar refractivity (Wildman–Crippen MR) is 92.2 cm³/mol. The van der Waals surface area contributed by atoms with Crippen LogP contribution in [0.2, 0.25) is 0 Å². The number of carbonyl (C=O) groups excluding carboxylic acids is 1. The molecule has 6 heteroatoms. The fourth-order valence-corrected chi connectivity index (χ4v) is 3.00. The lowest BCUT2D eigenvalue weighted by molar-refractivity contribution is -0.121. The number of unbranched alkanes of at least 4 members (excludes halogenated alkanes) is 1. The Labute approximate surface area is 141 Å². The molecule has 2 aromatic heterocycles. The highest BCUT2D eigenvalue weighted by Gasteiger charge is 2.12. The molecular weight excluding hydrogens is 310 g/mol. The third kappa shape index (κ3) is 5.78. The lowest BCUT2D eigenvalue weighted by Crippen LogP contribution is -2.29. The lowest BCUT2D eigenvalue weighted by atomic mass is 9.99. The van der Waals surface area contributed by atoms with Gasteiger partial charge in [-0.1, -0.05) is 33.1 Å². The summed E-state index contributed by atoms with van der Waals surface area (Å²) < 4.78 is 5.58. The average Bonchev–Trinajstić information content (AvgIpc) is 3.24. The van der Waals surface area contributed by atoms with Crippen molar-refractivity contribution >= 4 is 17.2 Å². The number of carbonyl (C=O) groups is 1. The first-order chi connectivity index (χ1) is 11.2. The van der Waals surface area contributed by atoms with E-state index in [0.717, 1.165) is 18.5 Å². The molecule has 0 aliphatic heterocycles. The van der Waals surface area contributed by atoms with Crippen molar-refractivity contribution in [2.45, 2.75) is 52.4 Å². The molecule has 0 aliphatic carbocycles. The fraction of sp³-hybridized carbons (Fsp3) is 0.588. The quantitative estimate of drug-likeness (QED) is 0.711. The van der Waals surface area contributed by atoms with E-state index >= 15 is 0 Å². The number of amides is 1. The van der Waals surface area contributed by atoms with Crippen molar-refractivity contribution in [1.82, 2.24) is 15.5 Å². The molecule has 2 heterocycles. The highest BCUT2D eigenvalue weighted by Crippen LogP contribution is 2.20. The first-order valence-electron chi connectivity index (χ1n) is 8.34. The van der Waals surface area contributed by atoms with Gasteiger partial charge in [0.2, 0.25) is 17.7 Å². The first kappa shape index (κ1) is 17.7. The molecule has 1 unspecified atom stereocenters. The van der Waals surface area contributed by atoms with E-state index in [4.69, 9.17) is 4.42 Å². The van der Waals surface area contributed by atoms with Gasteiger partial charge in [-0.25, -0.2) is 0 Å². The number of thiophene rings is 1. The zero-order chi connectivity index (χ0) is 16.5. The Hall–Kier alpha value is -1.69. The van der Waals surface area contributed by atoms with Crippen LogP contribution in [0.5, 0.6) is 0 Å². The SMILES string of the molecule is CCCCC(CC)CNC(=O)CCc1nnc(-c2ccsc2)o1. The number of nitrogens with zero attached hydrogens (tertiary/aromatic N) is 2. The minimum atomic E-state index is 0.0511. The minimum Gasteiger partial charge on any atom is -0.421 e. The van der Waals surface area contributed by atoms with Crippen molar-refractivity contribution in [1.29, 1.82) is 0 Å². The summed E-state index contributed by atoms with van der Waals surface area (Å²) in [4.78, 5) is 11.9. The molecule has 1 atom stereocenters. The van der Waals surface area contributed by atoms with Gasteiger partial charge in [0.1, 0.15) is 0 Å². The summed E-state index contributed by atoms with van der Waals surface area (Å²) in [5.74, 6) is 1.66. The normalized spacial score (nSPS) is 12.3. The minimum absolute atomic E-state index is 0.0511. The Bertz CT molecular complexity index is 580. The van der Waals surface area contributed by atoms with Gasteiger partial charge >= 0.3 is 0 Å². The number of nitrogens with one attached hydrogen (secondary N) is 1. The van der Waals surface area contributed by atoms with Gasteiger partial charge in [-0.2, -0.15) is 11.3 Å². The zero-order valence-corrected chi connectivity index (χ0v) is 14.7. The first-order valence-corrected chi connectivity index (χ1v) is 9.28. The lowest BCUT2D eigenvalue weighted by Gasteiger charge is -2.14. The highest BCUT2D eigenvalue weighted by molar-refractivity contribution is 7.08. The molecule has 5 nitrogen and oxygen atoms in total. The molecule has 1 N–H and O–H groups in total. The second kappa shape index (κ2) is 9.45. The molecule has 0 aliphatic rings. The maximum Gasteiger partial charge on any atom is 0.248 e. The van der Waals surface area contributed by atoms with Crippen LogP contribution in [0.3, 0.4) is 0 Å². The van der Waals surface area contributed by atoms with E-state index in [-0.39, 0.29) is 5.91 Å². The van der Waals surface area contributed by atoms with Crippen LogP contribution in [0.15, 0.2) is 21.2 Å².